The van der Waals surface area contributed by atoms with Gasteiger partial charge in [-0.05, 0) is 48.3 Å². The quantitative estimate of drug-likeness (QED) is 0.803. The Morgan fingerprint density at radius 3 is 3.08 bits per heavy atom. The maximum Gasteiger partial charge on any atom is 0.129 e. The summed E-state index contributed by atoms with van der Waals surface area (Å²) in [4.78, 5) is 4.95. The molecule has 4 rings (SSSR count). The number of nitrogens with one attached hydrogen (secondary N) is 2. The van der Waals surface area contributed by atoms with Crippen LogP contribution in [0.3, 0.4) is 0 Å². The minimum atomic E-state index is -0.0605. The van der Waals surface area contributed by atoms with Crippen molar-refractivity contribution in [1.82, 2.24) is 5.32 Å². The van der Waals surface area contributed by atoms with Crippen molar-refractivity contribution < 1.29 is 0 Å². The van der Waals surface area contributed by atoms with Crippen LogP contribution in [-0.4, -0.2) is 29.4 Å². The summed E-state index contributed by atoms with van der Waals surface area (Å²) in [6, 6.07) is 8.29. The van der Waals surface area contributed by atoms with Gasteiger partial charge in [-0.1, -0.05) is 36.7 Å². The lowest BCUT2D eigenvalue weighted by molar-refractivity contribution is 0.657. The maximum atomic E-state index is 6.32. The number of benzene rings is 1. The van der Waals surface area contributed by atoms with Crippen LogP contribution in [-0.2, 0) is 0 Å². The molecule has 1 aromatic carbocycles. The van der Waals surface area contributed by atoms with Crippen LogP contribution in [0, 0.1) is 5.92 Å². The highest BCUT2D eigenvalue weighted by Crippen LogP contribution is 2.40. The van der Waals surface area contributed by atoms with Gasteiger partial charge in [0.2, 0.25) is 0 Å². The van der Waals surface area contributed by atoms with Gasteiger partial charge in [-0.3, -0.25) is 0 Å². The SMILES string of the molecule is CC1CC=C(CNC2=Nc3ccccc3NC23CCSC3)C=C1Cl. The molecule has 5 heteroatoms. The summed E-state index contributed by atoms with van der Waals surface area (Å²) in [5.74, 6) is 3.73. The minimum Gasteiger partial charge on any atom is -0.370 e. The minimum absolute atomic E-state index is 0.0605. The summed E-state index contributed by atoms with van der Waals surface area (Å²) in [6.07, 6.45) is 6.50. The molecule has 2 atom stereocenters. The van der Waals surface area contributed by atoms with E-state index in [0.29, 0.717) is 5.92 Å². The number of hydrogen-bond donors (Lipinski definition) is 2. The van der Waals surface area contributed by atoms with Gasteiger partial charge in [-0.25, -0.2) is 4.99 Å². The lowest BCUT2D eigenvalue weighted by atomic mass is 9.93. The highest BCUT2D eigenvalue weighted by atomic mass is 35.5. The molecular formula is C19H22ClN3S. The Bertz CT molecular complexity index is 732. The number of anilines is 1. The highest BCUT2D eigenvalue weighted by molar-refractivity contribution is 7.99. The average molecular weight is 360 g/mol. The van der Waals surface area contributed by atoms with Crippen molar-refractivity contribution in [3.05, 3.63) is 47.0 Å². The van der Waals surface area contributed by atoms with E-state index < -0.39 is 0 Å². The average Bonchev–Trinajstić information content (AvgIpc) is 3.05. The van der Waals surface area contributed by atoms with Gasteiger partial charge in [0.25, 0.3) is 0 Å². The van der Waals surface area contributed by atoms with Gasteiger partial charge < -0.3 is 10.6 Å². The number of fused-ring (bicyclic) bond motifs is 1. The second-order valence-corrected chi connectivity index (χ2v) is 8.33. The fraction of sp³-hybridized carbons (Fsp3) is 0.421. The zero-order valence-corrected chi connectivity index (χ0v) is 15.4. The Morgan fingerprint density at radius 2 is 2.29 bits per heavy atom. The largest absolute Gasteiger partial charge is 0.370 e. The standard InChI is InChI=1S/C19H22ClN3S/c1-13-6-7-14(10-15(13)20)11-21-18-19(8-9-24-12-19)23-17-5-3-2-4-16(17)22-18/h2-5,7,10,13,23H,6,8-9,11-12H2,1H3,(H,21,22). The van der Waals surface area contributed by atoms with E-state index in [2.05, 4.69) is 47.9 Å². The molecule has 126 valence electrons. The van der Waals surface area contributed by atoms with E-state index in [0.717, 1.165) is 47.4 Å². The number of para-hydroxylation sites is 2. The second kappa shape index (κ2) is 6.49. The third-order valence-corrected chi connectivity index (χ3v) is 6.64. The molecule has 2 unspecified atom stereocenters. The third kappa shape index (κ3) is 2.98. The van der Waals surface area contributed by atoms with Crippen LogP contribution in [0.5, 0.6) is 0 Å². The number of halogens is 1. The predicted molar refractivity (Wildman–Crippen MR) is 106 cm³/mol. The second-order valence-electron chi connectivity index (χ2n) is 6.79. The lowest BCUT2D eigenvalue weighted by Gasteiger charge is -2.36. The van der Waals surface area contributed by atoms with E-state index in [1.54, 1.807) is 0 Å². The summed E-state index contributed by atoms with van der Waals surface area (Å²) in [7, 11) is 0. The number of amidine groups is 1. The lowest BCUT2D eigenvalue weighted by Crippen LogP contribution is -2.54. The molecule has 1 saturated heterocycles. The highest BCUT2D eigenvalue weighted by Gasteiger charge is 2.42. The van der Waals surface area contributed by atoms with E-state index in [4.69, 9.17) is 16.6 Å². The molecule has 3 nitrogen and oxygen atoms in total. The Kier molecular flexibility index (Phi) is 4.35. The van der Waals surface area contributed by atoms with Gasteiger partial charge in [0.15, 0.2) is 0 Å². The van der Waals surface area contributed by atoms with E-state index in [-0.39, 0.29) is 5.54 Å². The molecule has 0 bridgehead atoms. The number of allylic oxidation sites excluding steroid dienone is 2. The Hall–Kier alpha value is -1.39. The number of aliphatic imine (C=N–C) groups is 1. The summed E-state index contributed by atoms with van der Waals surface area (Å²) >= 11 is 8.31. The van der Waals surface area contributed by atoms with Gasteiger partial charge >= 0.3 is 0 Å². The van der Waals surface area contributed by atoms with Crippen molar-refractivity contribution in [2.75, 3.05) is 23.4 Å². The summed E-state index contributed by atoms with van der Waals surface area (Å²) in [5.41, 5.74) is 3.34. The molecule has 2 aliphatic heterocycles. The summed E-state index contributed by atoms with van der Waals surface area (Å²) in [5, 5.41) is 8.31. The molecule has 2 N–H and O–H groups in total. The molecule has 1 spiro atoms. The monoisotopic (exact) mass is 359 g/mol. The van der Waals surface area contributed by atoms with E-state index in [9.17, 15) is 0 Å². The normalized spacial score (nSPS) is 28.6. The van der Waals surface area contributed by atoms with Gasteiger partial charge in [0, 0.05) is 17.3 Å². The van der Waals surface area contributed by atoms with Crippen LogP contribution in [0.4, 0.5) is 11.4 Å². The number of hydrogen-bond acceptors (Lipinski definition) is 4. The third-order valence-electron chi connectivity index (χ3n) is 4.97. The molecule has 1 aliphatic carbocycles. The number of nitrogens with zero attached hydrogens (tertiary/aromatic N) is 1. The summed E-state index contributed by atoms with van der Waals surface area (Å²) < 4.78 is 0. The number of thioether (sulfide) groups is 1. The fourth-order valence-electron chi connectivity index (χ4n) is 3.41. The van der Waals surface area contributed by atoms with Crippen LogP contribution < -0.4 is 10.6 Å². The van der Waals surface area contributed by atoms with Crippen molar-refractivity contribution in [3.63, 3.8) is 0 Å². The first-order valence-electron chi connectivity index (χ1n) is 8.50. The maximum absolute atomic E-state index is 6.32. The van der Waals surface area contributed by atoms with Crippen molar-refractivity contribution in [1.29, 1.82) is 0 Å². The zero-order chi connectivity index (χ0) is 16.6. The first-order valence-corrected chi connectivity index (χ1v) is 10.0. The van der Waals surface area contributed by atoms with E-state index in [1.807, 2.05) is 17.8 Å². The fourth-order valence-corrected chi connectivity index (χ4v) is 4.98. The van der Waals surface area contributed by atoms with Crippen LogP contribution in [0.1, 0.15) is 19.8 Å². The molecule has 0 aromatic heterocycles. The molecule has 24 heavy (non-hydrogen) atoms. The van der Waals surface area contributed by atoms with Crippen molar-refractivity contribution in [2.45, 2.75) is 25.3 Å². The topological polar surface area (TPSA) is 36.4 Å². The first kappa shape index (κ1) is 16.1. The molecule has 1 fully saturated rings. The van der Waals surface area contributed by atoms with Crippen LogP contribution in [0.15, 0.2) is 52.0 Å². The zero-order valence-electron chi connectivity index (χ0n) is 13.8. The van der Waals surface area contributed by atoms with E-state index in [1.165, 1.54) is 11.3 Å². The van der Waals surface area contributed by atoms with Gasteiger partial charge in [-0.15, -0.1) is 0 Å². The molecular weight excluding hydrogens is 338 g/mol. The van der Waals surface area contributed by atoms with E-state index >= 15 is 0 Å². The molecule has 0 amide bonds. The number of rotatable bonds is 2. The van der Waals surface area contributed by atoms with Gasteiger partial charge in [0.05, 0.1) is 11.4 Å². The smallest absolute Gasteiger partial charge is 0.129 e. The van der Waals surface area contributed by atoms with Crippen LogP contribution in [0.2, 0.25) is 0 Å². The Balaban J connectivity index is 1.57. The molecule has 0 radical (unpaired) electrons. The molecule has 3 aliphatic rings. The van der Waals surface area contributed by atoms with Crippen LogP contribution in [0.25, 0.3) is 0 Å². The van der Waals surface area contributed by atoms with Crippen molar-refractivity contribution >= 4 is 40.6 Å². The molecule has 2 heterocycles. The first-order chi connectivity index (χ1) is 11.7. The Labute approximate surface area is 152 Å². The van der Waals surface area contributed by atoms with Gasteiger partial charge in [0.1, 0.15) is 11.4 Å². The summed E-state index contributed by atoms with van der Waals surface area (Å²) in [6.45, 7) is 2.94. The van der Waals surface area contributed by atoms with Crippen molar-refractivity contribution in [2.24, 2.45) is 10.9 Å². The predicted octanol–water partition coefficient (Wildman–Crippen LogP) is 4.70. The Morgan fingerprint density at radius 1 is 1.42 bits per heavy atom. The van der Waals surface area contributed by atoms with Crippen LogP contribution >= 0.6 is 23.4 Å². The van der Waals surface area contributed by atoms with Crippen molar-refractivity contribution in [3.8, 4) is 0 Å². The molecule has 1 aromatic rings. The van der Waals surface area contributed by atoms with Gasteiger partial charge in [-0.2, -0.15) is 11.8 Å². The molecule has 0 saturated carbocycles.